The number of hydrogen-bond donors (Lipinski definition) is 0. The summed E-state index contributed by atoms with van der Waals surface area (Å²) in [6.45, 7) is 2.94. The number of nitro groups is 1. The molecule has 0 radical (unpaired) electrons. The van der Waals surface area contributed by atoms with Gasteiger partial charge in [0.25, 0.3) is 17.5 Å². The van der Waals surface area contributed by atoms with E-state index in [1.807, 2.05) is 7.05 Å². The molecule has 0 N–H and O–H groups in total. The van der Waals surface area contributed by atoms with E-state index in [1.165, 1.54) is 18.2 Å². The number of rotatable bonds is 5. The fourth-order valence-electron chi connectivity index (χ4n) is 4.60. The SMILES string of the molecule is CN1CCN(c2ccc([N+](=O)[O-])cc2C=C2C(=O)N(c3ccccc3)C(=O)N(c3ccccc3)C2=O)CC1. The largest absolute Gasteiger partial charge is 0.368 e. The third-order valence-corrected chi connectivity index (χ3v) is 6.64. The summed E-state index contributed by atoms with van der Waals surface area (Å²) in [7, 11) is 2.02. The van der Waals surface area contributed by atoms with Crippen molar-refractivity contribution in [1.29, 1.82) is 0 Å². The smallest absolute Gasteiger partial charge is 0.343 e. The third-order valence-electron chi connectivity index (χ3n) is 6.64. The maximum atomic E-state index is 13.7. The third kappa shape index (κ3) is 4.64. The molecule has 2 fully saturated rings. The minimum absolute atomic E-state index is 0.165. The van der Waals surface area contributed by atoms with Crippen LogP contribution < -0.4 is 14.7 Å². The van der Waals surface area contributed by atoms with Gasteiger partial charge in [-0.05, 0) is 43.5 Å². The fourth-order valence-corrected chi connectivity index (χ4v) is 4.60. The normalized spacial score (nSPS) is 16.7. The highest BCUT2D eigenvalue weighted by molar-refractivity contribution is 6.46. The predicted octanol–water partition coefficient (Wildman–Crippen LogP) is 3.93. The highest BCUT2D eigenvalue weighted by Crippen LogP contribution is 2.33. The molecular formula is C28H25N5O5. The van der Waals surface area contributed by atoms with Gasteiger partial charge in [-0.15, -0.1) is 0 Å². The van der Waals surface area contributed by atoms with Crippen LogP contribution in [0.15, 0.2) is 84.4 Å². The van der Waals surface area contributed by atoms with Crippen molar-refractivity contribution in [3.8, 4) is 0 Å². The van der Waals surface area contributed by atoms with Gasteiger partial charge in [-0.25, -0.2) is 14.6 Å². The Bertz CT molecular complexity index is 1370. The number of non-ortho nitro benzene ring substituents is 1. The summed E-state index contributed by atoms with van der Waals surface area (Å²) in [5, 5.41) is 11.6. The van der Waals surface area contributed by atoms with Gasteiger partial charge < -0.3 is 9.80 Å². The first-order valence-corrected chi connectivity index (χ1v) is 12.1. The Morgan fingerprint density at radius 2 is 1.29 bits per heavy atom. The average molecular weight is 512 g/mol. The second-order valence-corrected chi connectivity index (χ2v) is 9.08. The molecule has 0 aliphatic carbocycles. The quantitative estimate of drug-likeness (QED) is 0.221. The molecule has 2 saturated heterocycles. The van der Waals surface area contributed by atoms with E-state index in [-0.39, 0.29) is 11.3 Å². The molecular weight excluding hydrogens is 486 g/mol. The number of piperazine rings is 1. The van der Waals surface area contributed by atoms with Gasteiger partial charge >= 0.3 is 6.03 Å². The van der Waals surface area contributed by atoms with Crippen LogP contribution in [0.5, 0.6) is 0 Å². The van der Waals surface area contributed by atoms with E-state index in [0.29, 0.717) is 35.7 Å². The van der Waals surface area contributed by atoms with Gasteiger partial charge in [0.2, 0.25) is 0 Å². The number of anilines is 3. The van der Waals surface area contributed by atoms with Crippen LogP contribution in [0.25, 0.3) is 6.08 Å². The lowest BCUT2D eigenvalue weighted by Crippen LogP contribution is -2.57. The molecule has 2 heterocycles. The lowest BCUT2D eigenvalue weighted by molar-refractivity contribution is -0.384. The van der Waals surface area contributed by atoms with Crippen molar-refractivity contribution in [3.63, 3.8) is 0 Å². The van der Waals surface area contributed by atoms with Crippen LogP contribution in [-0.4, -0.2) is 60.9 Å². The summed E-state index contributed by atoms with van der Waals surface area (Å²) in [6, 6.07) is 20.3. The maximum Gasteiger partial charge on any atom is 0.343 e. The van der Waals surface area contributed by atoms with Crippen molar-refractivity contribution < 1.29 is 19.3 Å². The second-order valence-electron chi connectivity index (χ2n) is 9.08. The van der Waals surface area contributed by atoms with Crippen LogP contribution in [0.2, 0.25) is 0 Å². The molecule has 2 aliphatic rings. The Morgan fingerprint density at radius 1 is 0.763 bits per heavy atom. The number of carbonyl (C=O) groups is 3. The maximum absolute atomic E-state index is 13.7. The molecule has 2 aliphatic heterocycles. The number of amides is 4. The number of benzene rings is 3. The molecule has 10 nitrogen and oxygen atoms in total. The Morgan fingerprint density at radius 3 is 1.79 bits per heavy atom. The van der Waals surface area contributed by atoms with Crippen LogP contribution in [0.3, 0.4) is 0 Å². The Kier molecular flexibility index (Phi) is 6.71. The first-order chi connectivity index (χ1) is 18.3. The fraction of sp³-hybridized carbons (Fsp3) is 0.179. The number of urea groups is 1. The molecule has 38 heavy (non-hydrogen) atoms. The van der Waals surface area contributed by atoms with Crippen molar-refractivity contribution in [3.05, 3.63) is 100 Å². The number of barbiturate groups is 1. The van der Waals surface area contributed by atoms with Gasteiger partial charge in [-0.1, -0.05) is 36.4 Å². The van der Waals surface area contributed by atoms with E-state index in [9.17, 15) is 24.5 Å². The summed E-state index contributed by atoms with van der Waals surface area (Å²) in [5.41, 5.74) is 1.21. The summed E-state index contributed by atoms with van der Waals surface area (Å²) in [6.07, 6.45) is 1.36. The Labute approximate surface area is 219 Å². The molecule has 3 aromatic carbocycles. The standard InChI is InChI=1S/C28H25N5O5/c1-29-14-16-30(17-15-29)25-13-12-23(33(37)38)18-20(25)19-24-26(34)31(21-8-4-2-5-9-21)28(36)32(27(24)35)22-10-6-3-7-11-22/h2-13,18-19H,14-17H2,1H3. The van der Waals surface area contributed by atoms with Gasteiger partial charge in [0.1, 0.15) is 5.57 Å². The molecule has 0 atom stereocenters. The number of imide groups is 2. The van der Waals surface area contributed by atoms with E-state index < -0.39 is 22.8 Å². The number of carbonyl (C=O) groups excluding carboxylic acids is 3. The van der Waals surface area contributed by atoms with E-state index in [0.717, 1.165) is 22.9 Å². The molecule has 0 spiro atoms. The summed E-state index contributed by atoms with van der Waals surface area (Å²) in [5.74, 6) is -1.59. The Balaban J connectivity index is 1.66. The molecule has 5 rings (SSSR count). The first kappa shape index (κ1) is 24.8. The zero-order chi connectivity index (χ0) is 26.8. The average Bonchev–Trinajstić information content (AvgIpc) is 2.93. The van der Waals surface area contributed by atoms with Gasteiger partial charge in [-0.2, -0.15) is 0 Å². The predicted molar refractivity (Wildman–Crippen MR) is 144 cm³/mol. The summed E-state index contributed by atoms with van der Waals surface area (Å²) < 4.78 is 0. The molecule has 0 bridgehead atoms. The van der Waals surface area contributed by atoms with Gasteiger partial charge in [-0.3, -0.25) is 19.7 Å². The Hall–Kier alpha value is -4.83. The van der Waals surface area contributed by atoms with Crippen LogP contribution in [-0.2, 0) is 9.59 Å². The van der Waals surface area contributed by atoms with Crippen molar-refractivity contribution in [2.24, 2.45) is 0 Å². The van der Waals surface area contributed by atoms with Crippen molar-refractivity contribution in [2.75, 3.05) is 47.9 Å². The van der Waals surface area contributed by atoms with E-state index in [4.69, 9.17) is 0 Å². The number of para-hydroxylation sites is 2. The van der Waals surface area contributed by atoms with E-state index in [1.54, 1.807) is 66.7 Å². The minimum Gasteiger partial charge on any atom is -0.368 e. The monoisotopic (exact) mass is 511 g/mol. The van der Waals surface area contributed by atoms with Gasteiger partial charge in [0.05, 0.1) is 16.3 Å². The van der Waals surface area contributed by atoms with Crippen LogP contribution in [0, 0.1) is 10.1 Å². The highest BCUT2D eigenvalue weighted by atomic mass is 16.6. The van der Waals surface area contributed by atoms with Crippen LogP contribution in [0.4, 0.5) is 27.5 Å². The van der Waals surface area contributed by atoms with Crippen molar-refractivity contribution in [1.82, 2.24) is 4.90 Å². The molecule has 0 aromatic heterocycles. The van der Waals surface area contributed by atoms with Gasteiger partial charge in [0.15, 0.2) is 0 Å². The van der Waals surface area contributed by atoms with Crippen molar-refractivity contribution >= 4 is 46.7 Å². The zero-order valence-corrected chi connectivity index (χ0v) is 20.7. The van der Waals surface area contributed by atoms with Crippen LogP contribution in [0.1, 0.15) is 5.56 Å². The first-order valence-electron chi connectivity index (χ1n) is 12.1. The summed E-state index contributed by atoms with van der Waals surface area (Å²) >= 11 is 0. The minimum atomic E-state index is -0.798. The molecule has 4 amide bonds. The number of hydrogen-bond acceptors (Lipinski definition) is 7. The topological polar surface area (TPSA) is 107 Å². The summed E-state index contributed by atoms with van der Waals surface area (Å²) in [4.78, 5) is 58.2. The van der Waals surface area contributed by atoms with E-state index in [2.05, 4.69) is 9.80 Å². The molecule has 0 unspecified atom stereocenters. The number of nitrogens with zero attached hydrogens (tertiary/aromatic N) is 5. The second kappa shape index (κ2) is 10.3. The highest BCUT2D eigenvalue weighted by Gasteiger charge is 2.43. The molecule has 192 valence electrons. The molecule has 0 saturated carbocycles. The molecule has 10 heteroatoms. The lowest BCUT2D eigenvalue weighted by Gasteiger charge is -2.35. The van der Waals surface area contributed by atoms with E-state index >= 15 is 0 Å². The number of likely N-dealkylation sites (N-methyl/N-ethyl adjacent to an activating group) is 1. The van der Waals surface area contributed by atoms with Gasteiger partial charge in [0, 0.05) is 49.6 Å². The van der Waals surface area contributed by atoms with Crippen molar-refractivity contribution in [2.45, 2.75) is 0 Å². The van der Waals surface area contributed by atoms with Crippen LogP contribution >= 0.6 is 0 Å². The lowest BCUT2D eigenvalue weighted by atomic mass is 10.0. The zero-order valence-electron chi connectivity index (χ0n) is 20.7. The number of nitro benzene ring substituents is 1. The molecule has 3 aromatic rings.